The third-order valence-corrected chi connectivity index (χ3v) is 19.8. The lowest BCUT2D eigenvalue weighted by Crippen LogP contribution is -2.62. The van der Waals surface area contributed by atoms with Crippen LogP contribution in [0.5, 0.6) is 11.5 Å². The highest BCUT2D eigenvalue weighted by molar-refractivity contribution is 8.76. The van der Waals surface area contributed by atoms with Gasteiger partial charge in [-0.25, -0.2) is 4.79 Å². The molecule has 2 aliphatic heterocycles. The molecule has 4 aromatic rings. The molecule has 21 N–H and O–H groups in total. The number of anilines is 1. The van der Waals surface area contributed by atoms with Crippen LogP contribution in [0, 0.1) is 10.1 Å². The van der Waals surface area contributed by atoms with E-state index >= 15 is 14.4 Å². The van der Waals surface area contributed by atoms with Crippen molar-refractivity contribution >= 4 is 110 Å². The molecule has 2 heterocycles. The van der Waals surface area contributed by atoms with Gasteiger partial charge in [0.05, 0.1) is 37.2 Å². The number of unbranched alkanes of at least 4 members (excludes halogenated alkanes) is 1. The van der Waals surface area contributed by atoms with Gasteiger partial charge >= 0.3 is 23.9 Å². The van der Waals surface area contributed by atoms with Gasteiger partial charge in [0, 0.05) is 107 Å². The third-order valence-electron chi connectivity index (χ3n) is 17.4. The Balaban J connectivity index is 1.45. The number of carbonyl (C=O) groups is 13. The van der Waals surface area contributed by atoms with Crippen molar-refractivity contribution < 1.29 is 97.9 Å². The molecule has 2 aliphatic rings. The first-order valence-corrected chi connectivity index (χ1v) is 37.1. The van der Waals surface area contributed by atoms with Crippen molar-refractivity contribution in [2.45, 2.75) is 106 Å². The van der Waals surface area contributed by atoms with E-state index in [1.54, 1.807) is 4.90 Å². The highest BCUT2D eigenvalue weighted by atomic mass is 33.1. The predicted octanol–water partition coefficient (Wildman–Crippen LogP) is -3.49. The largest absolute Gasteiger partial charge is 0.508 e. The number of aliphatic carboxylic acids is 3. The van der Waals surface area contributed by atoms with Crippen LogP contribution in [-0.4, -0.2) is 283 Å². The summed E-state index contributed by atoms with van der Waals surface area (Å²) in [5, 5.41) is 95.9. The number of rotatable bonds is 29. The van der Waals surface area contributed by atoms with Gasteiger partial charge in [-0.1, -0.05) is 70.1 Å². The number of nitrogens with two attached hydrogens (primary N) is 3. The first-order chi connectivity index (χ1) is 51.8. The predicted molar refractivity (Wildman–Crippen MR) is 397 cm³/mol. The van der Waals surface area contributed by atoms with E-state index in [9.17, 15) is 88.7 Å². The molecule has 40 heteroatoms. The van der Waals surface area contributed by atoms with E-state index in [1.165, 1.54) is 99.6 Å². The first kappa shape index (κ1) is 87.2. The Morgan fingerprint density at radius 2 is 0.982 bits per heavy atom. The van der Waals surface area contributed by atoms with E-state index in [1.807, 2.05) is 0 Å². The van der Waals surface area contributed by atoms with Crippen LogP contribution < -0.4 is 65.1 Å². The first-order valence-electron chi connectivity index (χ1n) is 34.6. The van der Waals surface area contributed by atoms with Gasteiger partial charge in [0.1, 0.15) is 59.8 Å². The molecule has 11 amide bonds. The number of hydrogen-bond acceptors (Lipinski definition) is 25. The normalized spacial score (nSPS) is 20.5. The summed E-state index contributed by atoms with van der Waals surface area (Å²) < 4.78 is 0. The quantitative estimate of drug-likeness (QED) is 0.0109. The number of nitro groups is 1. The van der Waals surface area contributed by atoms with E-state index in [4.69, 9.17) is 17.2 Å². The molecule has 0 spiro atoms. The van der Waals surface area contributed by atoms with Crippen molar-refractivity contribution in [3.05, 3.63) is 129 Å². The number of hydrogen-bond donors (Lipinski definition) is 18. The number of carboxylic acids is 3. The van der Waals surface area contributed by atoms with E-state index in [0.29, 0.717) is 23.1 Å². The standard InChI is InChI=1S/C69H93N17O21S2/c1-40(87)60-68(104)80-55(66(102)76-50(61(71)97)30-43-9-17-47(88)18-10-43)39-109-108-38-54(67(103)78-53(33-44-11-19-48(89)20-12-44)65(101)77-52(32-41-5-13-45(14-6-41)73-69(72)105)64(100)75-49(62(98)81-60)4-2-3-21-70)79-63(99)51(31-42-7-15-46(16-8-42)86(106)107)74-56(90)34-82-22-24-83(35-57(91)92)26-28-85(37-59(95)96)29-27-84(25-23-82)36-58(93)94/h5-20,40,49-55,60,87-89H,2-4,21-39,70H2,1H3,(H2,71,97)(H,74,90)(H,75,100)(H,76,102)(H,77,101)(H,78,103)(H,79,99)(H,80,104)(H,81,98)(H,91,92)(H,93,94)(H,95,96)(H3,72,73,105)/t40-,49+,50-,51+,52-,53+,54-,55+,60+/m1/s1. The third kappa shape index (κ3) is 30.8. The Labute approximate surface area is 633 Å². The minimum absolute atomic E-state index is 0.00695. The topological polar surface area (TPSA) is 586 Å². The molecule has 592 valence electrons. The van der Waals surface area contributed by atoms with Crippen molar-refractivity contribution in [3.8, 4) is 11.5 Å². The number of carbonyl (C=O) groups excluding carboxylic acids is 10. The maximum absolute atomic E-state index is 15.4. The Hall–Kier alpha value is -10.8. The van der Waals surface area contributed by atoms with E-state index < -0.39 is 181 Å². The van der Waals surface area contributed by atoms with Gasteiger partial charge in [0.15, 0.2) is 0 Å². The Morgan fingerprint density at radius 1 is 0.550 bits per heavy atom. The number of amides is 11. The Morgan fingerprint density at radius 3 is 1.44 bits per heavy atom. The molecular weight excluding hydrogens is 1470 g/mol. The minimum Gasteiger partial charge on any atom is -0.508 e. The number of urea groups is 1. The van der Waals surface area contributed by atoms with Crippen LogP contribution in [-0.2, 0) is 83.2 Å². The number of aliphatic hydroxyl groups is 1. The molecule has 0 unspecified atom stereocenters. The molecule has 2 saturated heterocycles. The Bertz CT molecular complexity index is 3780. The van der Waals surface area contributed by atoms with E-state index in [0.717, 1.165) is 40.6 Å². The molecule has 2 fully saturated rings. The second-order valence-electron chi connectivity index (χ2n) is 26.0. The van der Waals surface area contributed by atoms with Crippen LogP contribution in [0.25, 0.3) is 0 Å². The molecule has 4 aromatic carbocycles. The number of benzene rings is 4. The SMILES string of the molecule is C[C@@H](O)[C@@H]1NC(=O)[C@H](CCCCN)NC(=O)[C@@H](Cc2ccc(NC(N)=O)cc2)NC(=O)[C@H](Cc2ccc(O)cc2)NC(=O)[C@H](NC(=O)[C@H](Cc2ccc([N+](=O)[O-])cc2)NC(=O)CN2CCN(CC(=O)O)CCN(CC(=O)O)CCN(CC(=O)O)CC2)CSSC[C@@H](C(=O)N[C@H](Cc2ccc(O)cc2)C(N)=O)NC1=O. The van der Waals surface area contributed by atoms with Crippen molar-refractivity contribution in [2.75, 3.05) is 102 Å². The molecule has 0 saturated carbocycles. The van der Waals surface area contributed by atoms with Crippen molar-refractivity contribution in [1.29, 1.82) is 0 Å². The highest BCUT2D eigenvalue weighted by Crippen LogP contribution is 2.25. The molecule has 0 radical (unpaired) electrons. The second kappa shape index (κ2) is 43.9. The average Bonchev–Trinajstić information content (AvgIpc) is 0.841. The maximum atomic E-state index is 15.4. The summed E-state index contributed by atoms with van der Waals surface area (Å²) in [6, 6.07) is 7.49. The second-order valence-corrected chi connectivity index (χ2v) is 28.6. The lowest BCUT2D eigenvalue weighted by Gasteiger charge is -2.33. The van der Waals surface area contributed by atoms with Gasteiger partial charge in [-0.2, -0.15) is 0 Å². The van der Waals surface area contributed by atoms with Gasteiger partial charge < -0.3 is 95.7 Å². The van der Waals surface area contributed by atoms with E-state index in [2.05, 4.69) is 47.9 Å². The van der Waals surface area contributed by atoms with Gasteiger partial charge in [0.2, 0.25) is 53.2 Å². The fraction of sp³-hybridized carbons (Fsp3) is 0.464. The molecule has 0 bridgehead atoms. The molecule has 38 nitrogen and oxygen atoms in total. The fourth-order valence-corrected chi connectivity index (χ4v) is 13.9. The zero-order valence-electron chi connectivity index (χ0n) is 59.6. The van der Waals surface area contributed by atoms with Crippen molar-refractivity contribution in [2.24, 2.45) is 17.2 Å². The van der Waals surface area contributed by atoms with Crippen LogP contribution in [0.1, 0.15) is 48.4 Å². The van der Waals surface area contributed by atoms with Crippen LogP contribution in [0.3, 0.4) is 0 Å². The summed E-state index contributed by atoms with van der Waals surface area (Å²) in [7, 11) is 1.61. The number of primary amides is 2. The number of nitrogens with zero attached hydrogens (tertiary/aromatic N) is 5. The van der Waals surface area contributed by atoms with Gasteiger partial charge in [-0.3, -0.25) is 87.2 Å². The van der Waals surface area contributed by atoms with Crippen LogP contribution in [0.2, 0.25) is 0 Å². The summed E-state index contributed by atoms with van der Waals surface area (Å²) in [4.78, 5) is 197. The number of aromatic hydroxyl groups is 2. The number of carboxylic acid groups (broad SMARTS) is 3. The molecule has 109 heavy (non-hydrogen) atoms. The summed E-state index contributed by atoms with van der Waals surface area (Å²) in [5.74, 6) is -14.2. The summed E-state index contributed by atoms with van der Waals surface area (Å²) in [5.41, 5.74) is 18.2. The number of nitrogens with one attached hydrogen (secondary N) is 9. The highest BCUT2D eigenvalue weighted by Gasteiger charge is 2.38. The zero-order chi connectivity index (χ0) is 79.9. The van der Waals surface area contributed by atoms with Crippen LogP contribution in [0.15, 0.2) is 97.1 Å². The van der Waals surface area contributed by atoms with Gasteiger partial charge in [-0.05, 0) is 91.4 Å². The van der Waals surface area contributed by atoms with Gasteiger partial charge in [-0.15, -0.1) is 0 Å². The molecular formula is C69H93N17O21S2. The molecule has 9 atom stereocenters. The number of non-ortho nitro benzene ring substituents is 1. The summed E-state index contributed by atoms with van der Waals surface area (Å²) in [6.45, 7) is -0.478. The smallest absolute Gasteiger partial charge is 0.317 e. The number of aliphatic hydroxyl groups excluding tert-OH is 1. The molecule has 0 aromatic heterocycles. The average molecular weight is 1560 g/mol. The summed E-state index contributed by atoms with van der Waals surface area (Å²) >= 11 is 0. The number of phenolic OH excluding ortho intramolecular Hbond substituents is 2. The molecule has 6 rings (SSSR count). The van der Waals surface area contributed by atoms with Crippen LogP contribution in [0.4, 0.5) is 16.2 Å². The lowest BCUT2D eigenvalue weighted by molar-refractivity contribution is -0.384. The maximum Gasteiger partial charge on any atom is 0.317 e. The van der Waals surface area contributed by atoms with E-state index in [-0.39, 0.29) is 119 Å². The fourth-order valence-electron chi connectivity index (χ4n) is 11.5. The van der Waals surface area contributed by atoms with Crippen molar-refractivity contribution in [3.63, 3.8) is 0 Å². The Kier molecular flexibility index (Phi) is 35.1. The zero-order valence-corrected chi connectivity index (χ0v) is 61.2. The van der Waals surface area contributed by atoms with Crippen molar-refractivity contribution in [1.82, 2.24) is 62.1 Å². The minimum atomic E-state index is -1.88. The van der Waals surface area contributed by atoms with Crippen LogP contribution >= 0.6 is 21.6 Å². The number of nitro benzene ring substituents is 1. The monoisotopic (exact) mass is 1560 g/mol. The molecule has 0 aliphatic carbocycles. The number of phenols is 2. The van der Waals surface area contributed by atoms with Gasteiger partial charge in [0.25, 0.3) is 5.69 Å². The summed E-state index contributed by atoms with van der Waals surface area (Å²) in [6.07, 6.45) is -2.73. The lowest BCUT2D eigenvalue weighted by atomic mass is 10.0.